The van der Waals surface area contributed by atoms with E-state index in [-0.39, 0.29) is 6.04 Å². The Balaban J connectivity index is 2.12. The van der Waals surface area contributed by atoms with Crippen molar-refractivity contribution in [2.75, 3.05) is 18.0 Å². The van der Waals surface area contributed by atoms with Crippen molar-refractivity contribution in [3.8, 4) is 0 Å². The smallest absolute Gasteiger partial charge is 0.0510 e. The molecular formula is C17H27BrN2. The van der Waals surface area contributed by atoms with Gasteiger partial charge in [-0.15, -0.1) is 0 Å². The summed E-state index contributed by atoms with van der Waals surface area (Å²) in [5.41, 5.74) is 9.00. The highest BCUT2D eigenvalue weighted by Gasteiger charge is 2.23. The fourth-order valence-electron chi connectivity index (χ4n) is 2.97. The molecule has 112 valence electrons. The average molecular weight is 339 g/mol. The lowest BCUT2D eigenvalue weighted by molar-refractivity contribution is 0.325. The van der Waals surface area contributed by atoms with Gasteiger partial charge in [-0.3, -0.25) is 0 Å². The summed E-state index contributed by atoms with van der Waals surface area (Å²) in [6.45, 7) is 9.14. The molecule has 0 spiro atoms. The summed E-state index contributed by atoms with van der Waals surface area (Å²) in [4.78, 5) is 2.52. The predicted octanol–water partition coefficient (Wildman–Crippen LogP) is 4.36. The van der Waals surface area contributed by atoms with Crippen molar-refractivity contribution in [2.45, 2.75) is 52.5 Å². The van der Waals surface area contributed by atoms with E-state index in [1.165, 1.54) is 35.0 Å². The van der Waals surface area contributed by atoms with Crippen molar-refractivity contribution in [3.63, 3.8) is 0 Å². The van der Waals surface area contributed by atoms with E-state index in [1.807, 2.05) is 0 Å². The number of rotatable bonds is 3. The fourth-order valence-corrected chi connectivity index (χ4v) is 3.65. The number of nitrogens with two attached hydrogens (primary N) is 1. The van der Waals surface area contributed by atoms with E-state index in [4.69, 9.17) is 5.73 Å². The molecule has 0 saturated carbocycles. The van der Waals surface area contributed by atoms with Crippen LogP contribution in [0.5, 0.6) is 0 Å². The Kier molecular flexibility index (Phi) is 5.14. The standard InChI is InChI=1S/C17H27BrN2/c1-13(19)11-14-5-6-16(15(18)12-14)20-9-4-7-17(2,3)8-10-20/h5-6,12-13H,4,7-11,19H2,1-3H3. The lowest BCUT2D eigenvalue weighted by atomic mass is 9.85. The molecule has 2 N–H and O–H groups in total. The topological polar surface area (TPSA) is 29.3 Å². The zero-order valence-corrected chi connectivity index (χ0v) is 14.5. The van der Waals surface area contributed by atoms with Gasteiger partial charge in [0.15, 0.2) is 0 Å². The second kappa shape index (κ2) is 6.48. The maximum Gasteiger partial charge on any atom is 0.0510 e. The van der Waals surface area contributed by atoms with Crippen LogP contribution in [0.2, 0.25) is 0 Å². The molecule has 1 atom stereocenters. The normalized spacial score (nSPS) is 20.6. The largest absolute Gasteiger partial charge is 0.371 e. The summed E-state index contributed by atoms with van der Waals surface area (Å²) in [5.74, 6) is 0. The summed E-state index contributed by atoms with van der Waals surface area (Å²) in [6, 6.07) is 6.92. The van der Waals surface area contributed by atoms with Gasteiger partial charge in [-0.2, -0.15) is 0 Å². The Labute approximate surface area is 131 Å². The number of hydrogen-bond acceptors (Lipinski definition) is 2. The van der Waals surface area contributed by atoms with Gasteiger partial charge in [-0.05, 0) is 71.6 Å². The highest BCUT2D eigenvalue weighted by atomic mass is 79.9. The van der Waals surface area contributed by atoms with E-state index in [9.17, 15) is 0 Å². The second-order valence-corrected chi connectivity index (χ2v) is 7.83. The van der Waals surface area contributed by atoms with Crippen LogP contribution in [0.15, 0.2) is 22.7 Å². The van der Waals surface area contributed by atoms with E-state index in [0.29, 0.717) is 5.41 Å². The monoisotopic (exact) mass is 338 g/mol. The van der Waals surface area contributed by atoms with Crippen molar-refractivity contribution in [3.05, 3.63) is 28.2 Å². The fraction of sp³-hybridized carbons (Fsp3) is 0.647. The van der Waals surface area contributed by atoms with Crippen LogP contribution in [0.4, 0.5) is 5.69 Å². The minimum atomic E-state index is 0.215. The first-order valence-electron chi connectivity index (χ1n) is 7.66. The van der Waals surface area contributed by atoms with E-state index in [2.05, 4.69) is 59.8 Å². The van der Waals surface area contributed by atoms with Crippen LogP contribution in [0, 0.1) is 5.41 Å². The molecule has 1 fully saturated rings. The molecule has 0 aromatic heterocycles. The quantitative estimate of drug-likeness (QED) is 0.887. The van der Waals surface area contributed by atoms with Crippen LogP contribution in [0.1, 0.15) is 45.6 Å². The van der Waals surface area contributed by atoms with Crippen LogP contribution in [-0.4, -0.2) is 19.1 Å². The van der Waals surface area contributed by atoms with Gasteiger partial charge in [-0.25, -0.2) is 0 Å². The maximum absolute atomic E-state index is 5.88. The lowest BCUT2D eigenvalue weighted by Gasteiger charge is -2.26. The molecule has 1 unspecified atom stereocenters. The first kappa shape index (κ1) is 15.8. The molecule has 1 aromatic carbocycles. The maximum atomic E-state index is 5.88. The third-order valence-corrected chi connectivity index (χ3v) is 4.89. The highest BCUT2D eigenvalue weighted by Crippen LogP contribution is 2.34. The zero-order chi connectivity index (χ0) is 14.8. The van der Waals surface area contributed by atoms with Crippen LogP contribution in [0.25, 0.3) is 0 Å². The molecule has 1 aromatic rings. The number of anilines is 1. The van der Waals surface area contributed by atoms with Crippen LogP contribution >= 0.6 is 15.9 Å². The molecule has 0 amide bonds. The molecule has 0 radical (unpaired) electrons. The highest BCUT2D eigenvalue weighted by molar-refractivity contribution is 9.10. The van der Waals surface area contributed by atoms with Gasteiger partial charge in [0.25, 0.3) is 0 Å². The Morgan fingerprint density at radius 1 is 1.30 bits per heavy atom. The Bertz CT molecular complexity index is 454. The molecule has 0 bridgehead atoms. The van der Waals surface area contributed by atoms with E-state index >= 15 is 0 Å². The van der Waals surface area contributed by atoms with Crippen LogP contribution in [0.3, 0.4) is 0 Å². The molecule has 1 aliphatic rings. The zero-order valence-electron chi connectivity index (χ0n) is 13.0. The van der Waals surface area contributed by atoms with E-state index in [0.717, 1.165) is 19.5 Å². The molecule has 1 saturated heterocycles. The molecule has 20 heavy (non-hydrogen) atoms. The number of hydrogen-bond donors (Lipinski definition) is 1. The van der Waals surface area contributed by atoms with E-state index < -0.39 is 0 Å². The summed E-state index contributed by atoms with van der Waals surface area (Å²) in [6.07, 6.45) is 4.80. The van der Waals surface area contributed by atoms with Crippen molar-refractivity contribution in [1.29, 1.82) is 0 Å². The first-order valence-corrected chi connectivity index (χ1v) is 8.46. The van der Waals surface area contributed by atoms with Gasteiger partial charge >= 0.3 is 0 Å². The van der Waals surface area contributed by atoms with Gasteiger partial charge in [0.05, 0.1) is 5.69 Å². The van der Waals surface area contributed by atoms with Crippen molar-refractivity contribution < 1.29 is 0 Å². The number of benzene rings is 1. The third kappa shape index (κ3) is 4.23. The number of halogens is 1. The summed E-state index contributed by atoms with van der Waals surface area (Å²) in [7, 11) is 0. The Hall–Kier alpha value is -0.540. The van der Waals surface area contributed by atoms with Gasteiger partial charge in [-0.1, -0.05) is 19.9 Å². The SMILES string of the molecule is CC(N)Cc1ccc(N2CCCC(C)(C)CC2)c(Br)c1. The van der Waals surface area contributed by atoms with Gasteiger partial charge in [0.2, 0.25) is 0 Å². The third-order valence-electron chi connectivity index (χ3n) is 4.25. The predicted molar refractivity (Wildman–Crippen MR) is 91.3 cm³/mol. The van der Waals surface area contributed by atoms with Crippen molar-refractivity contribution in [2.24, 2.45) is 11.1 Å². The minimum absolute atomic E-state index is 0.215. The molecular weight excluding hydrogens is 312 g/mol. The first-order chi connectivity index (χ1) is 9.37. The Morgan fingerprint density at radius 3 is 2.70 bits per heavy atom. The molecule has 3 heteroatoms. The minimum Gasteiger partial charge on any atom is -0.371 e. The van der Waals surface area contributed by atoms with Gasteiger partial charge in [0.1, 0.15) is 0 Å². The van der Waals surface area contributed by atoms with Crippen molar-refractivity contribution >= 4 is 21.6 Å². The summed E-state index contributed by atoms with van der Waals surface area (Å²) >= 11 is 3.74. The van der Waals surface area contributed by atoms with Crippen LogP contribution in [-0.2, 0) is 6.42 Å². The lowest BCUT2D eigenvalue weighted by Crippen LogP contribution is -2.25. The van der Waals surface area contributed by atoms with Gasteiger partial charge < -0.3 is 10.6 Å². The summed E-state index contributed by atoms with van der Waals surface area (Å²) in [5, 5.41) is 0. The summed E-state index contributed by atoms with van der Waals surface area (Å²) < 4.78 is 1.20. The molecule has 2 nitrogen and oxygen atoms in total. The van der Waals surface area contributed by atoms with Gasteiger partial charge in [0, 0.05) is 23.6 Å². The van der Waals surface area contributed by atoms with Crippen LogP contribution < -0.4 is 10.6 Å². The molecule has 0 aliphatic carbocycles. The van der Waals surface area contributed by atoms with E-state index in [1.54, 1.807) is 0 Å². The molecule has 2 rings (SSSR count). The second-order valence-electron chi connectivity index (χ2n) is 6.97. The van der Waals surface area contributed by atoms with Crippen molar-refractivity contribution in [1.82, 2.24) is 0 Å². The number of nitrogens with zero attached hydrogens (tertiary/aromatic N) is 1. The average Bonchev–Trinajstić information content (AvgIpc) is 2.50. The molecule has 1 aliphatic heterocycles. The Morgan fingerprint density at radius 2 is 2.05 bits per heavy atom. The molecule has 1 heterocycles.